The van der Waals surface area contributed by atoms with Crippen LogP contribution in [0.15, 0.2) is 0 Å². The number of rotatable bonds is 0. The first-order chi connectivity index (χ1) is 4.47. The second-order valence-corrected chi connectivity index (χ2v) is 3.16. The lowest BCUT2D eigenvalue weighted by Crippen LogP contribution is -2.28. The van der Waals surface area contributed by atoms with E-state index in [0.717, 1.165) is 6.04 Å². The Morgan fingerprint density at radius 2 is 2.22 bits per heavy atom. The molecule has 1 unspecified atom stereocenters. The van der Waals surface area contributed by atoms with Crippen molar-refractivity contribution < 1.29 is 0 Å². The summed E-state index contributed by atoms with van der Waals surface area (Å²) in [5.41, 5.74) is 0. The third kappa shape index (κ3) is 0.983. The highest BCUT2D eigenvalue weighted by Crippen LogP contribution is 2.31. The summed E-state index contributed by atoms with van der Waals surface area (Å²) < 4.78 is 0. The molecule has 0 aromatic rings. The van der Waals surface area contributed by atoms with Crippen LogP contribution in [0.1, 0.15) is 32.1 Å². The van der Waals surface area contributed by atoms with Gasteiger partial charge in [-0.1, -0.05) is 12.8 Å². The van der Waals surface area contributed by atoms with E-state index in [2.05, 4.69) is 5.32 Å². The monoisotopic (exact) mass is 124 g/mol. The molecule has 1 nitrogen and oxygen atoms in total. The molecule has 1 heteroatoms. The molecular formula is C8H14N. The third-order valence-electron chi connectivity index (χ3n) is 2.57. The third-order valence-corrected chi connectivity index (χ3v) is 2.57. The van der Waals surface area contributed by atoms with Crippen LogP contribution < -0.4 is 5.32 Å². The highest BCUT2D eigenvalue weighted by molar-refractivity contribution is 5.08. The van der Waals surface area contributed by atoms with Crippen molar-refractivity contribution in [3.05, 3.63) is 5.92 Å². The number of nitrogens with one attached hydrogen (secondary N) is 1. The Balaban J connectivity index is 1.97. The average molecular weight is 124 g/mol. The van der Waals surface area contributed by atoms with Crippen LogP contribution in [-0.4, -0.2) is 12.6 Å². The molecule has 1 saturated heterocycles. The van der Waals surface area contributed by atoms with Gasteiger partial charge >= 0.3 is 0 Å². The van der Waals surface area contributed by atoms with Gasteiger partial charge in [0.05, 0.1) is 0 Å². The number of hydrogen-bond acceptors (Lipinski definition) is 1. The molecule has 1 atom stereocenters. The van der Waals surface area contributed by atoms with E-state index in [4.69, 9.17) is 0 Å². The molecule has 2 rings (SSSR count). The summed E-state index contributed by atoms with van der Waals surface area (Å²) in [7, 11) is 0. The van der Waals surface area contributed by atoms with Gasteiger partial charge in [-0.15, -0.1) is 0 Å². The van der Waals surface area contributed by atoms with Gasteiger partial charge in [-0.3, -0.25) is 0 Å². The summed E-state index contributed by atoms with van der Waals surface area (Å²) in [6.45, 7) is 1.25. The largest absolute Gasteiger partial charge is 0.313 e. The van der Waals surface area contributed by atoms with Gasteiger partial charge in [-0.25, -0.2) is 0 Å². The highest BCUT2D eigenvalue weighted by Gasteiger charge is 2.28. The Labute approximate surface area is 56.8 Å². The quantitative estimate of drug-likeness (QED) is 0.516. The van der Waals surface area contributed by atoms with Crippen LogP contribution in [0, 0.1) is 5.92 Å². The molecule has 0 aromatic carbocycles. The number of fused-ring (bicyclic) bond motifs is 1. The van der Waals surface area contributed by atoms with Gasteiger partial charge in [0.15, 0.2) is 0 Å². The first-order valence-electron chi connectivity index (χ1n) is 4.05. The Morgan fingerprint density at radius 1 is 1.22 bits per heavy atom. The molecule has 1 saturated carbocycles. The van der Waals surface area contributed by atoms with Crippen molar-refractivity contribution in [1.29, 1.82) is 0 Å². The maximum absolute atomic E-state index is 3.52. The Kier molecular flexibility index (Phi) is 1.46. The predicted molar refractivity (Wildman–Crippen MR) is 38.1 cm³/mol. The van der Waals surface area contributed by atoms with Crippen LogP contribution in [0.4, 0.5) is 0 Å². The lowest BCUT2D eigenvalue weighted by Gasteiger charge is -2.23. The van der Waals surface area contributed by atoms with Gasteiger partial charge in [-0.05, 0) is 31.7 Å². The molecule has 0 aromatic heterocycles. The smallest absolute Gasteiger partial charge is 0.0130 e. The van der Waals surface area contributed by atoms with Gasteiger partial charge in [-0.2, -0.15) is 0 Å². The summed E-state index contributed by atoms with van der Waals surface area (Å²) in [5.74, 6) is 1.81. The van der Waals surface area contributed by atoms with E-state index in [0.29, 0.717) is 0 Å². The van der Waals surface area contributed by atoms with Gasteiger partial charge in [0.1, 0.15) is 0 Å². The van der Waals surface area contributed by atoms with Crippen LogP contribution in [0.2, 0.25) is 0 Å². The lowest BCUT2D eigenvalue weighted by atomic mass is 9.86. The second-order valence-electron chi connectivity index (χ2n) is 3.16. The van der Waals surface area contributed by atoms with Crippen molar-refractivity contribution >= 4 is 0 Å². The molecule has 1 radical (unpaired) electrons. The lowest BCUT2D eigenvalue weighted by molar-refractivity contribution is 0.462. The normalized spacial score (nSPS) is 36.7. The van der Waals surface area contributed by atoms with Gasteiger partial charge < -0.3 is 5.32 Å². The highest BCUT2D eigenvalue weighted by atomic mass is 15.0. The van der Waals surface area contributed by atoms with Crippen LogP contribution in [0.25, 0.3) is 0 Å². The van der Waals surface area contributed by atoms with E-state index in [1.807, 2.05) is 0 Å². The summed E-state index contributed by atoms with van der Waals surface area (Å²) >= 11 is 0. The molecule has 1 N–H and O–H groups in total. The zero-order valence-corrected chi connectivity index (χ0v) is 5.82. The summed E-state index contributed by atoms with van der Waals surface area (Å²) in [6, 6.07) is 0.832. The van der Waals surface area contributed by atoms with E-state index < -0.39 is 0 Å². The van der Waals surface area contributed by atoms with Crippen molar-refractivity contribution in [3.63, 3.8) is 0 Å². The maximum Gasteiger partial charge on any atom is 0.0130 e. The molecule has 51 valence electrons. The van der Waals surface area contributed by atoms with E-state index in [-0.39, 0.29) is 0 Å². The van der Waals surface area contributed by atoms with Gasteiger partial charge in [0.25, 0.3) is 0 Å². The van der Waals surface area contributed by atoms with Crippen LogP contribution in [0.5, 0.6) is 0 Å². The average Bonchev–Trinajstić information content (AvgIpc) is 2.33. The number of hydrogen-bond donors (Lipinski definition) is 1. The van der Waals surface area contributed by atoms with Crippen molar-refractivity contribution in [2.45, 2.75) is 38.1 Å². The first-order valence-corrected chi connectivity index (χ1v) is 4.05. The van der Waals surface area contributed by atoms with E-state index >= 15 is 0 Å². The van der Waals surface area contributed by atoms with E-state index in [9.17, 15) is 0 Å². The standard InChI is InChI=1S/C8H14N/c1-2-4-8-7(3-1)5-6-9-8/h8-9H,1-6H2. The van der Waals surface area contributed by atoms with Crippen molar-refractivity contribution in [3.8, 4) is 0 Å². The molecule has 9 heavy (non-hydrogen) atoms. The van der Waals surface area contributed by atoms with E-state index in [1.165, 1.54) is 38.6 Å². The SMILES string of the molecule is C1CCC2NCC[C]2C1. The van der Waals surface area contributed by atoms with Crippen LogP contribution >= 0.6 is 0 Å². The molecule has 2 aliphatic rings. The molecule has 1 heterocycles. The Hall–Kier alpha value is -0.0400. The van der Waals surface area contributed by atoms with Crippen molar-refractivity contribution in [2.24, 2.45) is 0 Å². The molecule has 1 aliphatic heterocycles. The minimum absolute atomic E-state index is 0.832. The second kappa shape index (κ2) is 2.30. The molecular weight excluding hydrogens is 110 g/mol. The zero-order valence-electron chi connectivity index (χ0n) is 5.82. The molecule has 0 spiro atoms. The fraction of sp³-hybridized carbons (Fsp3) is 0.875. The predicted octanol–water partition coefficient (Wildman–Crippen LogP) is 1.50. The summed E-state index contributed by atoms with van der Waals surface area (Å²) in [6.07, 6.45) is 7.09. The van der Waals surface area contributed by atoms with Crippen molar-refractivity contribution in [2.75, 3.05) is 6.54 Å². The van der Waals surface area contributed by atoms with Crippen LogP contribution in [-0.2, 0) is 0 Å². The maximum atomic E-state index is 3.52. The molecule has 0 amide bonds. The topological polar surface area (TPSA) is 12.0 Å². The van der Waals surface area contributed by atoms with Gasteiger partial charge in [0.2, 0.25) is 0 Å². The fourth-order valence-corrected chi connectivity index (χ4v) is 2.03. The van der Waals surface area contributed by atoms with Crippen LogP contribution in [0.3, 0.4) is 0 Å². The minimum atomic E-state index is 0.832. The summed E-state index contributed by atoms with van der Waals surface area (Å²) in [5, 5.41) is 3.52. The first kappa shape index (κ1) is 5.72. The molecule has 0 bridgehead atoms. The summed E-state index contributed by atoms with van der Waals surface area (Å²) in [4.78, 5) is 0. The van der Waals surface area contributed by atoms with Gasteiger partial charge in [0, 0.05) is 6.04 Å². The van der Waals surface area contributed by atoms with E-state index in [1.54, 1.807) is 5.92 Å². The Bertz CT molecular complexity index is 88.7. The molecule has 1 aliphatic carbocycles. The Morgan fingerprint density at radius 3 is 3.11 bits per heavy atom. The van der Waals surface area contributed by atoms with Crippen molar-refractivity contribution in [1.82, 2.24) is 5.32 Å². The zero-order chi connectivity index (χ0) is 6.10. The fourth-order valence-electron chi connectivity index (χ4n) is 2.03. The molecule has 2 fully saturated rings. The minimum Gasteiger partial charge on any atom is -0.313 e.